The van der Waals surface area contributed by atoms with E-state index in [0.29, 0.717) is 11.4 Å². The molecule has 0 bridgehead atoms. The molecule has 2 rings (SSSR count). The summed E-state index contributed by atoms with van der Waals surface area (Å²) < 4.78 is 14.2. The molecule has 0 fully saturated rings. The normalized spacial score (nSPS) is 10.4. The molecule has 0 atom stereocenters. The lowest BCUT2D eigenvalue weighted by Gasteiger charge is -2.13. The third-order valence-corrected chi connectivity index (χ3v) is 3.78. The second-order valence-electron chi connectivity index (χ2n) is 3.89. The minimum atomic E-state index is -0.523. The molecule has 0 unspecified atom stereocenters. The number of rotatable bonds is 2. The van der Waals surface area contributed by atoms with Gasteiger partial charge in [0.25, 0.3) is 0 Å². The third kappa shape index (κ3) is 2.60. The predicted octanol–water partition coefficient (Wildman–Crippen LogP) is 4.88. The second kappa shape index (κ2) is 5.16. The van der Waals surface area contributed by atoms with Crippen LogP contribution in [0, 0.1) is 12.7 Å². The Kier molecular flexibility index (Phi) is 3.78. The van der Waals surface area contributed by atoms with E-state index in [-0.39, 0.29) is 5.02 Å². The average Bonchev–Trinajstić information content (AvgIpc) is 2.32. The summed E-state index contributed by atoms with van der Waals surface area (Å²) in [6.07, 6.45) is 0. The fourth-order valence-corrected chi connectivity index (χ4v) is 2.09. The summed E-state index contributed by atoms with van der Waals surface area (Å²) in [4.78, 5) is 0. The van der Waals surface area contributed by atoms with Gasteiger partial charge in [0.05, 0.1) is 16.4 Å². The smallest absolute Gasteiger partial charge is 0.143 e. The Labute approximate surface area is 118 Å². The number of benzene rings is 2. The molecule has 0 spiro atoms. The van der Waals surface area contributed by atoms with Crippen LogP contribution in [0.4, 0.5) is 21.5 Å². The Morgan fingerprint density at radius 3 is 2.72 bits per heavy atom. The number of anilines is 3. The molecule has 2 aromatic carbocycles. The number of nitrogens with one attached hydrogen (secondary N) is 1. The number of hydrogen-bond donors (Lipinski definition) is 2. The minimum absolute atomic E-state index is 0.0411. The number of nitrogens with two attached hydrogens (primary N) is 1. The molecule has 18 heavy (non-hydrogen) atoms. The highest BCUT2D eigenvalue weighted by Gasteiger charge is 2.08. The highest BCUT2D eigenvalue weighted by Crippen LogP contribution is 2.31. The van der Waals surface area contributed by atoms with Crippen LogP contribution in [0.1, 0.15) is 5.56 Å². The third-order valence-electron chi connectivity index (χ3n) is 2.63. The van der Waals surface area contributed by atoms with Crippen molar-refractivity contribution in [2.75, 3.05) is 11.1 Å². The molecule has 0 heterocycles. The summed E-state index contributed by atoms with van der Waals surface area (Å²) >= 11 is 9.19. The Morgan fingerprint density at radius 1 is 1.28 bits per heavy atom. The van der Waals surface area contributed by atoms with Gasteiger partial charge in [-0.2, -0.15) is 0 Å². The van der Waals surface area contributed by atoms with Crippen LogP contribution in [-0.4, -0.2) is 0 Å². The molecule has 94 valence electrons. The monoisotopic (exact) mass is 328 g/mol. The molecular formula is C13H11BrClFN2. The molecule has 2 aromatic rings. The molecule has 0 aliphatic rings. The highest BCUT2D eigenvalue weighted by atomic mass is 79.9. The lowest BCUT2D eigenvalue weighted by Crippen LogP contribution is -1.99. The quantitative estimate of drug-likeness (QED) is 0.771. The topological polar surface area (TPSA) is 38.0 Å². The van der Waals surface area contributed by atoms with Gasteiger partial charge in [-0.25, -0.2) is 4.39 Å². The molecule has 0 aromatic heterocycles. The zero-order chi connectivity index (χ0) is 13.3. The van der Waals surface area contributed by atoms with E-state index < -0.39 is 5.82 Å². The van der Waals surface area contributed by atoms with Crippen LogP contribution in [0.3, 0.4) is 0 Å². The lowest BCUT2D eigenvalue weighted by atomic mass is 10.2. The fraction of sp³-hybridized carbons (Fsp3) is 0.0769. The zero-order valence-electron chi connectivity index (χ0n) is 9.60. The molecule has 0 amide bonds. The van der Waals surface area contributed by atoms with Gasteiger partial charge < -0.3 is 11.1 Å². The van der Waals surface area contributed by atoms with Gasteiger partial charge in [-0.15, -0.1) is 0 Å². The molecule has 2 nitrogen and oxygen atoms in total. The summed E-state index contributed by atoms with van der Waals surface area (Å²) in [5, 5.41) is 3.18. The van der Waals surface area contributed by atoms with Crippen molar-refractivity contribution in [1.82, 2.24) is 0 Å². The van der Waals surface area contributed by atoms with Gasteiger partial charge in [-0.1, -0.05) is 33.6 Å². The first-order valence-electron chi connectivity index (χ1n) is 5.25. The predicted molar refractivity (Wildman–Crippen MR) is 78.0 cm³/mol. The lowest BCUT2D eigenvalue weighted by molar-refractivity contribution is 0.629. The minimum Gasteiger partial charge on any atom is -0.397 e. The van der Waals surface area contributed by atoms with E-state index in [4.69, 9.17) is 17.3 Å². The summed E-state index contributed by atoms with van der Waals surface area (Å²) in [5.41, 5.74) is 8.58. The van der Waals surface area contributed by atoms with E-state index in [0.717, 1.165) is 15.7 Å². The summed E-state index contributed by atoms with van der Waals surface area (Å²) in [7, 11) is 0. The Hall–Kier alpha value is -1.26. The van der Waals surface area contributed by atoms with Gasteiger partial charge >= 0.3 is 0 Å². The maximum absolute atomic E-state index is 13.2. The maximum atomic E-state index is 13.2. The van der Waals surface area contributed by atoms with Crippen LogP contribution in [0.15, 0.2) is 34.8 Å². The SMILES string of the molecule is Cc1c(Br)cccc1Nc1cc(Cl)c(F)cc1N. The van der Waals surface area contributed by atoms with Gasteiger partial charge in [0.1, 0.15) is 5.82 Å². The van der Waals surface area contributed by atoms with Crippen LogP contribution < -0.4 is 11.1 Å². The Balaban J connectivity index is 2.40. The van der Waals surface area contributed by atoms with Crippen molar-refractivity contribution >= 4 is 44.6 Å². The van der Waals surface area contributed by atoms with Gasteiger partial charge in [0.15, 0.2) is 0 Å². The second-order valence-corrected chi connectivity index (χ2v) is 5.15. The molecule has 0 aliphatic heterocycles. The van der Waals surface area contributed by atoms with Gasteiger partial charge in [0, 0.05) is 16.2 Å². The molecule has 5 heteroatoms. The standard InChI is InChI=1S/C13H11BrClFN2/c1-7-8(14)3-2-4-12(7)18-13-5-9(15)10(16)6-11(13)17/h2-6,18H,17H2,1H3. The van der Waals surface area contributed by atoms with Crippen molar-refractivity contribution < 1.29 is 4.39 Å². The van der Waals surface area contributed by atoms with Crippen molar-refractivity contribution in [3.05, 3.63) is 51.2 Å². The first-order chi connectivity index (χ1) is 8.49. The molecule has 0 radical (unpaired) electrons. The first-order valence-corrected chi connectivity index (χ1v) is 6.43. The van der Waals surface area contributed by atoms with Crippen molar-refractivity contribution in [2.45, 2.75) is 6.92 Å². The molecule has 0 aliphatic carbocycles. The van der Waals surface area contributed by atoms with E-state index in [9.17, 15) is 4.39 Å². The van der Waals surface area contributed by atoms with Crippen LogP contribution in [0.25, 0.3) is 0 Å². The zero-order valence-corrected chi connectivity index (χ0v) is 11.9. The number of nitrogen functional groups attached to an aromatic ring is 1. The van der Waals surface area contributed by atoms with E-state index in [1.807, 2.05) is 25.1 Å². The van der Waals surface area contributed by atoms with E-state index in [2.05, 4.69) is 21.2 Å². The molecule has 0 saturated carbocycles. The largest absolute Gasteiger partial charge is 0.397 e. The van der Waals surface area contributed by atoms with Crippen LogP contribution in [0.5, 0.6) is 0 Å². The number of hydrogen-bond acceptors (Lipinski definition) is 2. The van der Waals surface area contributed by atoms with Crippen LogP contribution in [0.2, 0.25) is 5.02 Å². The van der Waals surface area contributed by atoms with E-state index >= 15 is 0 Å². The van der Waals surface area contributed by atoms with Gasteiger partial charge in [-0.3, -0.25) is 0 Å². The van der Waals surface area contributed by atoms with Crippen molar-refractivity contribution in [2.24, 2.45) is 0 Å². The summed E-state index contributed by atoms with van der Waals surface area (Å²) in [6.45, 7) is 1.97. The Bertz CT molecular complexity index is 602. The summed E-state index contributed by atoms with van der Waals surface area (Å²) in [5.74, 6) is -0.523. The van der Waals surface area contributed by atoms with Crippen molar-refractivity contribution in [1.29, 1.82) is 0 Å². The van der Waals surface area contributed by atoms with Crippen molar-refractivity contribution in [3.63, 3.8) is 0 Å². The number of halogens is 3. The Morgan fingerprint density at radius 2 is 2.00 bits per heavy atom. The van der Waals surface area contributed by atoms with Crippen molar-refractivity contribution in [3.8, 4) is 0 Å². The summed E-state index contributed by atoms with van der Waals surface area (Å²) in [6, 6.07) is 8.45. The average molecular weight is 330 g/mol. The highest BCUT2D eigenvalue weighted by molar-refractivity contribution is 9.10. The first kappa shape index (κ1) is 13.2. The van der Waals surface area contributed by atoms with Gasteiger partial charge in [-0.05, 0) is 30.7 Å². The van der Waals surface area contributed by atoms with Gasteiger partial charge in [0.2, 0.25) is 0 Å². The fourth-order valence-electron chi connectivity index (χ4n) is 1.56. The van der Waals surface area contributed by atoms with E-state index in [1.54, 1.807) is 0 Å². The van der Waals surface area contributed by atoms with Crippen LogP contribution >= 0.6 is 27.5 Å². The maximum Gasteiger partial charge on any atom is 0.143 e. The van der Waals surface area contributed by atoms with Crippen LogP contribution in [-0.2, 0) is 0 Å². The van der Waals surface area contributed by atoms with E-state index in [1.165, 1.54) is 12.1 Å². The molecule has 3 N–H and O–H groups in total. The molecular weight excluding hydrogens is 319 g/mol. The molecule has 0 saturated heterocycles.